The third-order valence-corrected chi connectivity index (χ3v) is 5.72. The summed E-state index contributed by atoms with van der Waals surface area (Å²) in [6.07, 6.45) is 3.63. The van der Waals surface area contributed by atoms with Gasteiger partial charge in [-0.15, -0.1) is 11.3 Å². The summed E-state index contributed by atoms with van der Waals surface area (Å²) in [5.74, 6) is 0. The van der Waals surface area contributed by atoms with Crippen LogP contribution in [0.3, 0.4) is 0 Å². The summed E-state index contributed by atoms with van der Waals surface area (Å²) < 4.78 is 2.33. The molecule has 116 valence electrons. The molecule has 0 atom stereocenters. The van der Waals surface area contributed by atoms with Crippen LogP contribution in [-0.4, -0.2) is 19.6 Å². The van der Waals surface area contributed by atoms with Crippen LogP contribution in [0.1, 0.15) is 5.56 Å². The molecule has 0 radical (unpaired) electrons. The number of thiophene rings is 1. The van der Waals surface area contributed by atoms with Gasteiger partial charge in [-0.25, -0.2) is 9.38 Å². The lowest BCUT2D eigenvalue weighted by molar-refractivity contribution is 1.10. The highest BCUT2D eigenvalue weighted by Crippen LogP contribution is 2.26. The number of imidazole rings is 1. The Bertz CT molecular complexity index is 1280. The SMILES string of the molecule is O=c1c(=Cc2cn[nH]c2-c2cccs2)sc2nc3ccccc3n12. The van der Waals surface area contributed by atoms with Gasteiger partial charge in [0.2, 0.25) is 0 Å². The Labute approximate surface area is 143 Å². The first-order valence-electron chi connectivity index (χ1n) is 7.30. The maximum Gasteiger partial charge on any atom is 0.274 e. The Morgan fingerprint density at radius 1 is 1.17 bits per heavy atom. The molecule has 0 unspecified atom stereocenters. The molecule has 0 aliphatic heterocycles. The lowest BCUT2D eigenvalue weighted by atomic mass is 10.2. The van der Waals surface area contributed by atoms with Crippen LogP contribution in [0.25, 0.3) is 32.6 Å². The smallest absolute Gasteiger partial charge is 0.274 e. The lowest BCUT2D eigenvalue weighted by Crippen LogP contribution is -2.22. The van der Waals surface area contributed by atoms with Gasteiger partial charge in [-0.2, -0.15) is 5.10 Å². The molecule has 0 aliphatic carbocycles. The van der Waals surface area contributed by atoms with Crippen LogP contribution in [0.4, 0.5) is 0 Å². The van der Waals surface area contributed by atoms with Crippen molar-refractivity contribution in [1.82, 2.24) is 19.6 Å². The number of hydrogen-bond acceptors (Lipinski definition) is 5. The van der Waals surface area contributed by atoms with E-state index in [-0.39, 0.29) is 5.56 Å². The molecule has 0 saturated carbocycles. The van der Waals surface area contributed by atoms with Crippen LogP contribution < -0.4 is 10.1 Å². The molecule has 7 heteroatoms. The van der Waals surface area contributed by atoms with E-state index in [9.17, 15) is 4.79 Å². The highest BCUT2D eigenvalue weighted by atomic mass is 32.1. The van der Waals surface area contributed by atoms with Crippen LogP contribution >= 0.6 is 22.7 Å². The zero-order valence-electron chi connectivity index (χ0n) is 12.3. The van der Waals surface area contributed by atoms with Gasteiger partial charge in [-0.3, -0.25) is 9.89 Å². The molecule has 24 heavy (non-hydrogen) atoms. The van der Waals surface area contributed by atoms with Crippen molar-refractivity contribution >= 4 is 44.7 Å². The van der Waals surface area contributed by atoms with Gasteiger partial charge in [0.05, 0.1) is 32.3 Å². The first-order chi connectivity index (χ1) is 11.8. The fourth-order valence-electron chi connectivity index (χ4n) is 2.78. The zero-order chi connectivity index (χ0) is 16.1. The van der Waals surface area contributed by atoms with E-state index in [0.29, 0.717) is 9.49 Å². The first-order valence-corrected chi connectivity index (χ1v) is 9.00. The zero-order valence-corrected chi connectivity index (χ0v) is 13.9. The summed E-state index contributed by atoms with van der Waals surface area (Å²) in [5, 5.41) is 9.16. The Morgan fingerprint density at radius 2 is 2.08 bits per heavy atom. The molecule has 4 aromatic heterocycles. The predicted molar refractivity (Wildman–Crippen MR) is 97.5 cm³/mol. The highest BCUT2D eigenvalue weighted by molar-refractivity contribution is 7.15. The lowest BCUT2D eigenvalue weighted by Gasteiger charge is -1.93. The topological polar surface area (TPSA) is 63.0 Å². The summed E-state index contributed by atoms with van der Waals surface area (Å²) in [6.45, 7) is 0. The average molecular weight is 350 g/mol. The summed E-state index contributed by atoms with van der Waals surface area (Å²) in [5.41, 5.74) is 3.49. The number of aromatic nitrogens is 4. The number of benzene rings is 1. The van der Waals surface area contributed by atoms with Crippen molar-refractivity contribution in [1.29, 1.82) is 0 Å². The van der Waals surface area contributed by atoms with Crippen molar-refractivity contribution in [2.45, 2.75) is 0 Å². The summed E-state index contributed by atoms with van der Waals surface area (Å²) >= 11 is 3.03. The fourth-order valence-corrected chi connectivity index (χ4v) is 4.50. The monoisotopic (exact) mass is 350 g/mol. The van der Waals surface area contributed by atoms with Gasteiger partial charge >= 0.3 is 0 Å². The number of nitrogens with zero attached hydrogens (tertiary/aromatic N) is 3. The molecule has 0 amide bonds. The Kier molecular flexibility index (Phi) is 2.91. The molecular formula is C17H10N4OS2. The van der Waals surface area contributed by atoms with Crippen molar-refractivity contribution in [2.75, 3.05) is 0 Å². The quantitative estimate of drug-likeness (QED) is 0.532. The van der Waals surface area contributed by atoms with E-state index in [1.165, 1.54) is 11.3 Å². The van der Waals surface area contributed by atoms with E-state index in [1.54, 1.807) is 21.9 Å². The fraction of sp³-hybridized carbons (Fsp3) is 0. The van der Waals surface area contributed by atoms with Crippen LogP contribution in [-0.2, 0) is 0 Å². The molecule has 5 rings (SSSR count). The Hall–Kier alpha value is -2.77. The predicted octanol–water partition coefficient (Wildman–Crippen LogP) is 2.91. The van der Waals surface area contributed by atoms with Crippen LogP contribution in [0.2, 0.25) is 0 Å². The van der Waals surface area contributed by atoms with Crippen molar-refractivity contribution in [3.8, 4) is 10.6 Å². The summed E-state index contributed by atoms with van der Waals surface area (Å²) in [4.78, 5) is 19.2. The van der Waals surface area contributed by atoms with Gasteiger partial charge in [0, 0.05) is 5.56 Å². The summed E-state index contributed by atoms with van der Waals surface area (Å²) in [6, 6.07) is 11.7. The third kappa shape index (κ3) is 1.95. The number of para-hydroxylation sites is 2. The van der Waals surface area contributed by atoms with Gasteiger partial charge in [-0.1, -0.05) is 29.5 Å². The molecule has 5 aromatic rings. The van der Waals surface area contributed by atoms with Crippen molar-refractivity contribution in [2.24, 2.45) is 0 Å². The minimum Gasteiger partial charge on any atom is -0.276 e. The number of rotatable bonds is 2. The summed E-state index contributed by atoms with van der Waals surface area (Å²) in [7, 11) is 0. The maximum absolute atomic E-state index is 12.8. The van der Waals surface area contributed by atoms with E-state index in [4.69, 9.17) is 0 Å². The minimum atomic E-state index is -0.0398. The average Bonchev–Trinajstić information content (AvgIpc) is 3.34. The van der Waals surface area contributed by atoms with E-state index in [2.05, 4.69) is 15.2 Å². The third-order valence-electron chi connectivity index (χ3n) is 3.87. The van der Waals surface area contributed by atoms with Gasteiger partial charge in [0.1, 0.15) is 0 Å². The molecule has 4 heterocycles. The second-order valence-electron chi connectivity index (χ2n) is 5.31. The van der Waals surface area contributed by atoms with Crippen molar-refractivity contribution in [3.05, 3.63) is 68.4 Å². The Balaban J connectivity index is 1.76. The van der Waals surface area contributed by atoms with Crippen LogP contribution in [0.5, 0.6) is 0 Å². The molecular weight excluding hydrogens is 340 g/mol. The second-order valence-corrected chi connectivity index (χ2v) is 7.27. The normalized spacial score (nSPS) is 12.6. The van der Waals surface area contributed by atoms with Crippen LogP contribution in [0, 0.1) is 0 Å². The van der Waals surface area contributed by atoms with Crippen LogP contribution in [0.15, 0.2) is 52.8 Å². The maximum atomic E-state index is 12.8. The van der Waals surface area contributed by atoms with Crippen molar-refractivity contribution < 1.29 is 0 Å². The first kappa shape index (κ1) is 13.6. The van der Waals surface area contributed by atoms with Gasteiger partial charge in [0.15, 0.2) is 4.96 Å². The molecule has 5 nitrogen and oxygen atoms in total. The van der Waals surface area contributed by atoms with E-state index < -0.39 is 0 Å². The molecule has 0 spiro atoms. The number of H-pyrrole nitrogens is 1. The molecule has 0 saturated heterocycles. The van der Waals surface area contributed by atoms with E-state index >= 15 is 0 Å². The number of thiazole rings is 1. The highest BCUT2D eigenvalue weighted by Gasteiger charge is 2.12. The van der Waals surface area contributed by atoms with Crippen molar-refractivity contribution in [3.63, 3.8) is 0 Å². The molecule has 0 bridgehead atoms. The molecule has 0 fully saturated rings. The largest absolute Gasteiger partial charge is 0.276 e. The molecule has 0 aliphatic rings. The number of nitrogens with one attached hydrogen (secondary N) is 1. The van der Waals surface area contributed by atoms with E-state index in [1.807, 2.05) is 47.9 Å². The number of fused-ring (bicyclic) bond motifs is 3. The van der Waals surface area contributed by atoms with Gasteiger partial charge in [0.25, 0.3) is 5.56 Å². The van der Waals surface area contributed by atoms with E-state index in [0.717, 1.165) is 27.2 Å². The Morgan fingerprint density at radius 3 is 2.96 bits per heavy atom. The minimum absolute atomic E-state index is 0.0398. The number of aromatic amines is 1. The number of hydrogen-bond donors (Lipinski definition) is 1. The molecule has 1 aromatic carbocycles. The standard InChI is InChI=1S/C17H10N4OS2/c22-16-14(8-10-9-18-20-15(10)13-6-3-7-23-13)24-17-19-11-4-1-2-5-12(11)21(16)17/h1-9H,(H,18,20). The molecule has 1 N–H and O–H groups in total. The van der Waals surface area contributed by atoms with Gasteiger partial charge in [-0.05, 0) is 29.7 Å². The van der Waals surface area contributed by atoms with Gasteiger partial charge < -0.3 is 0 Å². The second kappa shape index (κ2) is 5.12.